The molecule has 2 heterocycles. The van der Waals surface area contributed by atoms with Gasteiger partial charge in [-0.1, -0.05) is 18.2 Å². The number of furan rings is 1. The highest BCUT2D eigenvalue weighted by Gasteiger charge is 2.30. The minimum Gasteiger partial charge on any atom is -0.491 e. The zero-order valence-electron chi connectivity index (χ0n) is 15.9. The van der Waals surface area contributed by atoms with Gasteiger partial charge in [0, 0.05) is 26.1 Å². The van der Waals surface area contributed by atoms with Gasteiger partial charge in [0.15, 0.2) is 5.76 Å². The fourth-order valence-corrected chi connectivity index (χ4v) is 3.32. The summed E-state index contributed by atoms with van der Waals surface area (Å²) >= 11 is 0. The van der Waals surface area contributed by atoms with Crippen LogP contribution in [-0.4, -0.2) is 54.9 Å². The molecule has 2 amide bonds. The summed E-state index contributed by atoms with van der Waals surface area (Å²) < 4.78 is 10.9. The van der Waals surface area contributed by atoms with Crippen LogP contribution in [0.15, 0.2) is 47.1 Å². The molecule has 1 aromatic carbocycles. The van der Waals surface area contributed by atoms with Gasteiger partial charge >= 0.3 is 0 Å². The minimum absolute atomic E-state index is 0.0471. The number of piperidine rings is 1. The molecule has 0 N–H and O–H groups in total. The van der Waals surface area contributed by atoms with E-state index in [1.165, 1.54) is 6.26 Å². The average molecular weight is 370 g/mol. The van der Waals surface area contributed by atoms with Crippen LogP contribution in [-0.2, 0) is 4.79 Å². The smallest absolute Gasteiger partial charge is 0.289 e. The molecule has 0 bridgehead atoms. The van der Waals surface area contributed by atoms with Gasteiger partial charge in [0.1, 0.15) is 12.4 Å². The highest BCUT2D eigenvalue weighted by Crippen LogP contribution is 2.21. The maximum atomic E-state index is 12.7. The van der Waals surface area contributed by atoms with E-state index in [0.717, 1.165) is 11.3 Å². The zero-order valence-corrected chi connectivity index (χ0v) is 15.9. The predicted octanol–water partition coefficient (Wildman–Crippen LogP) is 2.98. The SMILES string of the molecule is Cc1ccccc1OCCN(C)C(=O)C1CCN(C(=O)c2ccco2)CC1. The first-order valence-corrected chi connectivity index (χ1v) is 9.32. The van der Waals surface area contributed by atoms with E-state index >= 15 is 0 Å². The van der Waals surface area contributed by atoms with Crippen LogP contribution in [0.25, 0.3) is 0 Å². The lowest BCUT2D eigenvalue weighted by atomic mass is 9.95. The monoisotopic (exact) mass is 370 g/mol. The molecule has 1 aliphatic heterocycles. The topological polar surface area (TPSA) is 63.0 Å². The third-order valence-electron chi connectivity index (χ3n) is 5.02. The standard InChI is InChI=1S/C21H26N2O4/c1-16-6-3-4-7-18(16)27-15-13-22(2)20(24)17-9-11-23(12-10-17)21(25)19-8-5-14-26-19/h3-8,14,17H,9-13,15H2,1-2H3. The quantitative estimate of drug-likeness (QED) is 0.784. The molecule has 144 valence electrons. The molecule has 27 heavy (non-hydrogen) atoms. The summed E-state index contributed by atoms with van der Waals surface area (Å²) in [5, 5.41) is 0. The van der Waals surface area contributed by atoms with Gasteiger partial charge in [-0.2, -0.15) is 0 Å². The summed E-state index contributed by atoms with van der Waals surface area (Å²) in [6, 6.07) is 11.2. The number of aryl methyl sites for hydroxylation is 1. The molecule has 6 heteroatoms. The lowest BCUT2D eigenvalue weighted by Crippen LogP contribution is -2.44. The first-order valence-electron chi connectivity index (χ1n) is 9.32. The molecule has 2 aromatic rings. The summed E-state index contributed by atoms with van der Waals surface area (Å²) in [7, 11) is 1.81. The number of ether oxygens (including phenoxy) is 1. The maximum Gasteiger partial charge on any atom is 0.289 e. The number of hydrogen-bond acceptors (Lipinski definition) is 4. The van der Waals surface area contributed by atoms with Crippen LogP contribution in [0.4, 0.5) is 0 Å². The lowest BCUT2D eigenvalue weighted by Gasteiger charge is -2.32. The van der Waals surface area contributed by atoms with Crippen molar-refractivity contribution in [2.75, 3.05) is 33.3 Å². The number of likely N-dealkylation sites (tertiary alicyclic amines) is 1. The van der Waals surface area contributed by atoms with Crippen molar-refractivity contribution in [3.05, 3.63) is 54.0 Å². The Morgan fingerprint density at radius 2 is 1.93 bits per heavy atom. The molecule has 0 atom stereocenters. The molecule has 1 aliphatic rings. The van der Waals surface area contributed by atoms with E-state index in [9.17, 15) is 9.59 Å². The van der Waals surface area contributed by atoms with Crippen molar-refractivity contribution in [2.24, 2.45) is 5.92 Å². The molecule has 6 nitrogen and oxygen atoms in total. The zero-order chi connectivity index (χ0) is 19.2. The molecule has 0 spiro atoms. The second-order valence-electron chi connectivity index (χ2n) is 6.92. The summed E-state index contributed by atoms with van der Waals surface area (Å²) in [5.74, 6) is 1.17. The highest BCUT2D eigenvalue weighted by molar-refractivity contribution is 5.91. The van der Waals surface area contributed by atoms with Gasteiger partial charge in [-0.3, -0.25) is 9.59 Å². The van der Waals surface area contributed by atoms with Gasteiger partial charge in [-0.25, -0.2) is 0 Å². The fraction of sp³-hybridized carbons (Fsp3) is 0.429. The molecule has 1 fully saturated rings. The maximum absolute atomic E-state index is 12.7. The third-order valence-corrected chi connectivity index (χ3v) is 5.02. The first-order chi connectivity index (χ1) is 13.1. The summed E-state index contributed by atoms with van der Waals surface area (Å²) in [6.07, 6.45) is 2.85. The summed E-state index contributed by atoms with van der Waals surface area (Å²) in [5.41, 5.74) is 1.08. The molecule has 3 rings (SSSR count). The van der Waals surface area contributed by atoms with Crippen LogP contribution in [0.3, 0.4) is 0 Å². The number of nitrogens with zero attached hydrogens (tertiary/aromatic N) is 2. The van der Waals surface area contributed by atoms with E-state index in [-0.39, 0.29) is 17.7 Å². The number of amides is 2. The largest absolute Gasteiger partial charge is 0.491 e. The van der Waals surface area contributed by atoms with Crippen LogP contribution >= 0.6 is 0 Å². The van der Waals surface area contributed by atoms with Crippen LogP contribution in [0.5, 0.6) is 5.75 Å². The van der Waals surface area contributed by atoms with E-state index in [4.69, 9.17) is 9.15 Å². The lowest BCUT2D eigenvalue weighted by molar-refractivity contribution is -0.135. The van der Waals surface area contributed by atoms with Crippen molar-refractivity contribution >= 4 is 11.8 Å². The van der Waals surface area contributed by atoms with Gasteiger partial charge in [0.2, 0.25) is 5.91 Å². The molecular weight excluding hydrogens is 344 g/mol. The van der Waals surface area contributed by atoms with Crippen LogP contribution < -0.4 is 4.74 Å². The summed E-state index contributed by atoms with van der Waals surface area (Å²) in [6.45, 7) is 4.15. The van der Waals surface area contributed by atoms with Crippen molar-refractivity contribution < 1.29 is 18.7 Å². The average Bonchev–Trinajstić information content (AvgIpc) is 3.23. The van der Waals surface area contributed by atoms with Gasteiger partial charge in [0.05, 0.1) is 12.8 Å². The fourth-order valence-electron chi connectivity index (χ4n) is 3.32. The predicted molar refractivity (Wildman–Crippen MR) is 102 cm³/mol. The van der Waals surface area contributed by atoms with Gasteiger partial charge in [-0.15, -0.1) is 0 Å². The second kappa shape index (κ2) is 8.75. The third kappa shape index (κ3) is 4.70. The van der Waals surface area contributed by atoms with Gasteiger partial charge in [0.25, 0.3) is 5.91 Å². The molecular formula is C21H26N2O4. The molecule has 0 unspecified atom stereocenters. The number of likely N-dealkylation sites (N-methyl/N-ethyl adjacent to an activating group) is 1. The minimum atomic E-state index is -0.106. The van der Waals surface area contributed by atoms with Crippen molar-refractivity contribution in [1.82, 2.24) is 9.80 Å². The second-order valence-corrected chi connectivity index (χ2v) is 6.92. The first kappa shape index (κ1) is 19.0. The van der Waals surface area contributed by atoms with Crippen molar-refractivity contribution in [2.45, 2.75) is 19.8 Å². The molecule has 1 saturated heterocycles. The van der Waals surface area contributed by atoms with E-state index in [1.807, 2.05) is 38.2 Å². The van der Waals surface area contributed by atoms with E-state index in [0.29, 0.717) is 44.8 Å². The normalized spacial score (nSPS) is 14.8. The number of carbonyl (C=O) groups excluding carboxylic acids is 2. The van der Waals surface area contributed by atoms with E-state index < -0.39 is 0 Å². The van der Waals surface area contributed by atoms with Crippen LogP contribution in [0.1, 0.15) is 29.0 Å². The Bertz CT molecular complexity index is 764. The van der Waals surface area contributed by atoms with E-state index in [2.05, 4.69) is 0 Å². The van der Waals surface area contributed by atoms with Crippen LogP contribution in [0, 0.1) is 12.8 Å². The molecule has 0 aliphatic carbocycles. The Morgan fingerprint density at radius 3 is 2.59 bits per heavy atom. The number of rotatable bonds is 6. The number of benzene rings is 1. The number of hydrogen-bond donors (Lipinski definition) is 0. The Morgan fingerprint density at radius 1 is 1.19 bits per heavy atom. The Balaban J connectivity index is 1.43. The molecule has 0 radical (unpaired) electrons. The van der Waals surface area contributed by atoms with Crippen molar-refractivity contribution in [3.8, 4) is 5.75 Å². The Labute approximate surface area is 159 Å². The summed E-state index contributed by atoms with van der Waals surface area (Å²) in [4.78, 5) is 28.4. The highest BCUT2D eigenvalue weighted by atomic mass is 16.5. The van der Waals surface area contributed by atoms with Crippen molar-refractivity contribution in [3.63, 3.8) is 0 Å². The number of para-hydroxylation sites is 1. The van der Waals surface area contributed by atoms with Gasteiger partial charge in [-0.05, 0) is 43.5 Å². The molecule has 1 aromatic heterocycles. The van der Waals surface area contributed by atoms with Crippen molar-refractivity contribution in [1.29, 1.82) is 0 Å². The van der Waals surface area contributed by atoms with Crippen LogP contribution in [0.2, 0.25) is 0 Å². The van der Waals surface area contributed by atoms with Gasteiger partial charge < -0.3 is 19.0 Å². The Hall–Kier alpha value is -2.76. The Kier molecular flexibility index (Phi) is 6.16. The number of carbonyl (C=O) groups is 2. The van der Waals surface area contributed by atoms with E-state index in [1.54, 1.807) is 21.9 Å². The molecule has 0 saturated carbocycles.